The van der Waals surface area contributed by atoms with E-state index in [1.807, 2.05) is 0 Å². The minimum absolute atomic E-state index is 0.0556. The summed E-state index contributed by atoms with van der Waals surface area (Å²) < 4.78 is 3.47. The molecule has 0 fully saturated rings. The molecule has 0 N–H and O–H groups in total. The summed E-state index contributed by atoms with van der Waals surface area (Å²) in [7, 11) is 0. The third kappa shape index (κ3) is 2.12. The number of hydrogen-bond acceptors (Lipinski definition) is 0. The van der Waals surface area contributed by atoms with Gasteiger partial charge in [0.15, 0.2) is 0 Å². The molecular weight excluding hydrogens is 216 g/mol. The van der Waals surface area contributed by atoms with Gasteiger partial charge in [-0.1, -0.05) is 0 Å². The zero-order valence-electron chi connectivity index (χ0n) is 9.96. The molecule has 2 rings (SSSR count). The van der Waals surface area contributed by atoms with Crippen molar-refractivity contribution in [3.8, 4) is 0 Å². The van der Waals surface area contributed by atoms with Gasteiger partial charge in [0, 0.05) is 0 Å². The van der Waals surface area contributed by atoms with Crippen molar-refractivity contribution in [3.63, 3.8) is 0 Å². The predicted molar refractivity (Wildman–Crippen MR) is 62.0 cm³/mol. The summed E-state index contributed by atoms with van der Waals surface area (Å²) in [6, 6.07) is 0. The van der Waals surface area contributed by atoms with E-state index in [9.17, 15) is 0 Å². The van der Waals surface area contributed by atoms with Crippen molar-refractivity contribution >= 4 is 0 Å². The van der Waals surface area contributed by atoms with Gasteiger partial charge in [-0.15, -0.1) is 0 Å². The molecule has 0 saturated carbocycles. The molecule has 0 amide bonds. The van der Waals surface area contributed by atoms with Crippen LogP contribution >= 0.6 is 0 Å². The SMILES string of the molecule is CC1=[C]([Ti][C]2=C(C)C=CC2C)C(C)C=C1. The summed E-state index contributed by atoms with van der Waals surface area (Å²) in [5, 5.41) is 0. The second kappa shape index (κ2) is 4.27. The molecule has 2 aliphatic carbocycles. The minimum atomic E-state index is -0.0556. The van der Waals surface area contributed by atoms with Crippen molar-refractivity contribution in [1.29, 1.82) is 0 Å². The zero-order valence-corrected chi connectivity index (χ0v) is 11.5. The van der Waals surface area contributed by atoms with E-state index in [1.165, 1.54) is 11.1 Å². The number of rotatable bonds is 2. The van der Waals surface area contributed by atoms with Gasteiger partial charge in [-0.05, 0) is 0 Å². The molecule has 0 saturated heterocycles. The average molecular weight is 234 g/mol. The monoisotopic (exact) mass is 234 g/mol. The third-order valence-electron chi connectivity index (χ3n) is 3.30. The molecule has 0 bridgehead atoms. The van der Waals surface area contributed by atoms with E-state index in [0.29, 0.717) is 11.8 Å². The molecule has 2 unspecified atom stereocenters. The first kappa shape index (κ1) is 11.2. The van der Waals surface area contributed by atoms with Gasteiger partial charge in [0.25, 0.3) is 0 Å². The Hall–Kier alpha value is -0.326. The predicted octanol–water partition coefficient (Wildman–Crippen LogP) is 4.03. The fourth-order valence-electron chi connectivity index (χ4n) is 2.24. The van der Waals surface area contributed by atoms with Gasteiger partial charge in [0.05, 0.1) is 0 Å². The standard InChI is InChI=1S/2C7H9.Ti/c2*1-6-3-4-7(2)5-6;/h2*3-4,6H,1-2H3;. The molecule has 0 aromatic heterocycles. The maximum absolute atomic E-state index is 2.34. The molecule has 1 heteroatoms. The molecule has 2 atom stereocenters. The van der Waals surface area contributed by atoms with E-state index < -0.39 is 0 Å². The van der Waals surface area contributed by atoms with E-state index in [0.717, 1.165) is 0 Å². The number of hydrogen-bond donors (Lipinski definition) is 0. The summed E-state index contributed by atoms with van der Waals surface area (Å²) in [5.41, 5.74) is 3.06. The van der Waals surface area contributed by atoms with Crippen LogP contribution in [0, 0.1) is 11.8 Å². The van der Waals surface area contributed by atoms with Crippen LogP contribution in [-0.4, -0.2) is 0 Å². The Labute approximate surface area is 102 Å². The average Bonchev–Trinajstić information content (AvgIpc) is 2.67. The molecule has 0 aliphatic heterocycles. The van der Waals surface area contributed by atoms with Crippen molar-refractivity contribution in [2.45, 2.75) is 27.7 Å². The Morgan fingerprint density at radius 2 is 1.27 bits per heavy atom. The van der Waals surface area contributed by atoms with Gasteiger partial charge >= 0.3 is 102 Å². The van der Waals surface area contributed by atoms with Crippen molar-refractivity contribution in [2.75, 3.05) is 0 Å². The Morgan fingerprint density at radius 1 is 0.867 bits per heavy atom. The fourth-order valence-corrected chi connectivity index (χ4v) is 4.58. The molecule has 0 nitrogen and oxygen atoms in total. The van der Waals surface area contributed by atoms with Crippen molar-refractivity contribution in [3.05, 3.63) is 43.2 Å². The van der Waals surface area contributed by atoms with Crippen LogP contribution in [0.4, 0.5) is 0 Å². The summed E-state index contributed by atoms with van der Waals surface area (Å²) in [5.74, 6) is 1.39. The first-order valence-corrected chi connectivity index (χ1v) is 7.20. The van der Waals surface area contributed by atoms with E-state index >= 15 is 0 Å². The molecule has 0 spiro atoms. The van der Waals surface area contributed by atoms with E-state index in [1.54, 1.807) is 7.76 Å². The van der Waals surface area contributed by atoms with Crippen LogP contribution in [0.1, 0.15) is 27.7 Å². The number of allylic oxidation sites excluding steroid dienone is 8. The zero-order chi connectivity index (χ0) is 11.0. The normalized spacial score (nSPS) is 29.6. The molecule has 0 aromatic carbocycles. The topological polar surface area (TPSA) is 0 Å². The first-order valence-electron chi connectivity index (χ1n) is 5.64. The second-order valence-electron chi connectivity index (χ2n) is 4.61. The molecule has 0 aromatic rings. The summed E-state index contributed by atoms with van der Waals surface area (Å²) in [4.78, 5) is 0. The molecule has 15 heavy (non-hydrogen) atoms. The van der Waals surface area contributed by atoms with E-state index in [4.69, 9.17) is 0 Å². The third-order valence-corrected chi connectivity index (χ3v) is 6.79. The fraction of sp³-hybridized carbons (Fsp3) is 0.429. The Kier molecular flexibility index (Phi) is 3.18. The van der Waals surface area contributed by atoms with Gasteiger partial charge in [0.2, 0.25) is 0 Å². The Balaban J connectivity index is 2.18. The molecule has 0 radical (unpaired) electrons. The van der Waals surface area contributed by atoms with Crippen molar-refractivity contribution in [2.24, 2.45) is 11.8 Å². The van der Waals surface area contributed by atoms with Crippen LogP contribution in [0.3, 0.4) is 0 Å². The summed E-state index contributed by atoms with van der Waals surface area (Å²) in [6.07, 6.45) is 9.28. The molecule has 2 aliphatic rings. The Bertz CT molecular complexity index is 356. The maximum atomic E-state index is 2.34. The van der Waals surface area contributed by atoms with E-state index in [-0.39, 0.29) is 19.2 Å². The van der Waals surface area contributed by atoms with Crippen LogP contribution < -0.4 is 0 Å². The van der Waals surface area contributed by atoms with E-state index in [2.05, 4.69) is 52.0 Å². The second-order valence-corrected chi connectivity index (χ2v) is 6.69. The van der Waals surface area contributed by atoms with Gasteiger partial charge in [0.1, 0.15) is 0 Å². The van der Waals surface area contributed by atoms with Gasteiger partial charge < -0.3 is 0 Å². The summed E-state index contributed by atoms with van der Waals surface area (Å²) >= 11 is -0.0556. The van der Waals surface area contributed by atoms with Crippen molar-refractivity contribution < 1.29 is 19.2 Å². The van der Waals surface area contributed by atoms with Crippen LogP contribution in [-0.2, 0) is 19.2 Å². The van der Waals surface area contributed by atoms with Crippen LogP contribution in [0.5, 0.6) is 0 Å². The van der Waals surface area contributed by atoms with Gasteiger partial charge in [-0.25, -0.2) is 0 Å². The van der Waals surface area contributed by atoms with Gasteiger partial charge in [-0.3, -0.25) is 0 Å². The van der Waals surface area contributed by atoms with Crippen molar-refractivity contribution in [1.82, 2.24) is 0 Å². The quantitative estimate of drug-likeness (QED) is 0.633. The first-order chi connectivity index (χ1) is 7.09. The Morgan fingerprint density at radius 3 is 1.53 bits per heavy atom. The summed E-state index contributed by atoms with van der Waals surface area (Å²) in [6.45, 7) is 9.19. The molecule has 0 heterocycles. The van der Waals surface area contributed by atoms with Crippen LogP contribution in [0.2, 0.25) is 0 Å². The molecular formula is C14H18Ti. The van der Waals surface area contributed by atoms with Gasteiger partial charge in [-0.2, -0.15) is 0 Å². The molecule has 78 valence electrons. The van der Waals surface area contributed by atoms with Crippen LogP contribution in [0.15, 0.2) is 43.2 Å². The van der Waals surface area contributed by atoms with Crippen LogP contribution in [0.25, 0.3) is 0 Å².